The number of fused-ring (bicyclic) bond motifs is 1. The minimum atomic E-state index is -4.23. The van der Waals surface area contributed by atoms with Crippen molar-refractivity contribution in [1.82, 2.24) is 14.9 Å². The molecule has 0 aliphatic carbocycles. The molecule has 130 valence electrons. The van der Waals surface area contributed by atoms with Crippen LogP contribution in [0.25, 0.3) is 11.0 Å². The molecule has 5 N–H and O–H groups in total. The van der Waals surface area contributed by atoms with E-state index in [1.807, 2.05) is 0 Å². The lowest BCUT2D eigenvalue weighted by Crippen LogP contribution is -2.32. The average molecular weight is 347 g/mol. The van der Waals surface area contributed by atoms with Crippen molar-refractivity contribution in [2.45, 2.75) is 5.16 Å². The number of hydrogen-bond acceptors (Lipinski definition) is 7. The van der Waals surface area contributed by atoms with Crippen LogP contribution in [0.4, 0.5) is 0 Å². The molecule has 0 radical (unpaired) electrons. The zero-order valence-electron chi connectivity index (χ0n) is 12.5. The van der Waals surface area contributed by atoms with E-state index in [-0.39, 0.29) is 19.8 Å². The zero-order chi connectivity index (χ0) is 17.3. The van der Waals surface area contributed by atoms with Crippen LogP contribution in [-0.2, 0) is 10.1 Å². The maximum absolute atomic E-state index is 10.7. The summed E-state index contributed by atoms with van der Waals surface area (Å²) in [5.74, 6) is 0. The van der Waals surface area contributed by atoms with Crippen LogP contribution in [0.1, 0.15) is 0 Å². The summed E-state index contributed by atoms with van der Waals surface area (Å²) in [6.07, 6.45) is 0. The molecule has 0 spiro atoms. The van der Waals surface area contributed by atoms with Crippen molar-refractivity contribution in [2.24, 2.45) is 0 Å². The third-order valence-electron chi connectivity index (χ3n) is 2.86. The molecule has 23 heavy (non-hydrogen) atoms. The Morgan fingerprint density at radius 3 is 1.96 bits per heavy atom. The van der Waals surface area contributed by atoms with E-state index >= 15 is 0 Å². The molecule has 0 saturated heterocycles. The first-order valence-electron chi connectivity index (χ1n) is 6.89. The highest BCUT2D eigenvalue weighted by Gasteiger charge is 2.14. The Labute approximate surface area is 134 Å². The molecule has 2 rings (SSSR count). The predicted molar refractivity (Wildman–Crippen MR) is 83.6 cm³/mol. The number of benzene rings is 1. The third-order valence-corrected chi connectivity index (χ3v) is 3.54. The van der Waals surface area contributed by atoms with E-state index in [2.05, 4.69) is 9.97 Å². The third kappa shape index (κ3) is 6.60. The van der Waals surface area contributed by atoms with Crippen LogP contribution in [-0.4, -0.2) is 82.6 Å². The number of H-pyrrole nitrogens is 1. The number of para-hydroxylation sites is 2. The number of nitrogens with zero attached hydrogens (tertiary/aromatic N) is 2. The van der Waals surface area contributed by atoms with Gasteiger partial charge in [0.05, 0.1) is 30.9 Å². The first-order valence-corrected chi connectivity index (χ1v) is 8.33. The topological polar surface area (TPSA) is 147 Å². The second-order valence-corrected chi connectivity index (χ2v) is 5.88. The number of aromatic nitrogens is 2. The van der Waals surface area contributed by atoms with Crippen LogP contribution < -0.4 is 0 Å². The van der Waals surface area contributed by atoms with Crippen LogP contribution in [0.2, 0.25) is 0 Å². The SMILES string of the molecule is O=S(=O)(O)c1nc2ccccc2[nH]1.OCCN(CCO)CCO. The molecule has 1 aromatic heterocycles. The molecule has 0 bridgehead atoms. The Hall–Kier alpha value is -1.56. The minimum Gasteiger partial charge on any atom is -0.395 e. The zero-order valence-corrected chi connectivity index (χ0v) is 13.3. The molecule has 0 unspecified atom stereocenters. The van der Waals surface area contributed by atoms with Gasteiger partial charge in [-0.2, -0.15) is 8.42 Å². The molecule has 0 saturated carbocycles. The van der Waals surface area contributed by atoms with Gasteiger partial charge in [0.15, 0.2) is 0 Å². The van der Waals surface area contributed by atoms with Crippen LogP contribution in [0.5, 0.6) is 0 Å². The maximum Gasteiger partial charge on any atom is 0.328 e. The molecule has 0 aliphatic heterocycles. The molecule has 0 amide bonds. The number of aliphatic hydroxyl groups excluding tert-OH is 3. The molecule has 0 fully saturated rings. The largest absolute Gasteiger partial charge is 0.395 e. The molecule has 9 nitrogen and oxygen atoms in total. The second-order valence-electron chi connectivity index (χ2n) is 4.55. The van der Waals surface area contributed by atoms with E-state index < -0.39 is 15.3 Å². The molecule has 1 heterocycles. The molecule has 1 aromatic carbocycles. The van der Waals surface area contributed by atoms with Gasteiger partial charge in [0.1, 0.15) is 0 Å². The van der Waals surface area contributed by atoms with Gasteiger partial charge in [-0.05, 0) is 12.1 Å². The predicted octanol–water partition coefficient (Wildman–Crippen LogP) is -0.925. The van der Waals surface area contributed by atoms with Crippen LogP contribution >= 0.6 is 0 Å². The molecular formula is C13H21N3O6S. The fourth-order valence-corrected chi connectivity index (χ4v) is 2.26. The summed E-state index contributed by atoms with van der Waals surface area (Å²) in [5, 5.41) is 25.0. The van der Waals surface area contributed by atoms with Gasteiger partial charge in [-0.1, -0.05) is 12.1 Å². The number of rotatable bonds is 7. The number of aromatic amines is 1. The van der Waals surface area contributed by atoms with Gasteiger partial charge in [0, 0.05) is 19.6 Å². The van der Waals surface area contributed by atoms with Gasteiger partial charge < -0.3 is 20.3 Å². The fraction of sp³-hybridized carbons (Fsp3) is 0.462. The summed E-state index contributed by atoms with van der Waals surface area (Å²) in [6.45, 7) is 1.75. The highest BCUT2D eigenvalue weighted by atomic mass is 32.2. The Morgan fingerprint density at radius 2 is 1.52 bits per heavy atom. The first-order chi connectivity index (χ1) is 10.9. The summed E-state index contributed by atoms with van der Waals surface area (Å²) in [5.41, 5.74) is 1.09. The van der Waals surface area contributed by atoms with Crippen molar-refractivity contribution < 1.29 is 28.3 Å². The normalized spacial score (nSPS) is 11.5. The van der Waals surface area contributed by atoms with Crippen molar-refractivity contribution in [2.75, 3.05) is 39.5 Å². The van der Waals surface area contributed by atoms with Crippen molar-refractivity contribution in [3.63, 3.8) is 0 Å². The number of imidazole rings is 1. The summed E-state index contributed by atoms with van der Waals surface area (Å²) >= 11 is 0. The molecule has 10 heteroatoms. The number of aliphatic hydroxyl groups is 3. The van der Waals surface area contributed by atoms with Crippen molar-refractivity contribution in [1.29, 1.82) is 0 Å². The quantitative estimate of drug-likeness (QED) is 0.404. The van der Waals surface area contributed by atoms with Gasteiger partial charge in [0.2, 0.25) is 0 Å². The average Bonchev–Trinajstić information content (AvgIpc) is 2.93. The van der Waals surface area contributed by atoms with Crippen molar-refractivity contribution >= 4 is 21.2 Å². The van der Waals surface area contributed by atoms with Crippen LogP contribution in [0.3, 0.4) is 0 Å². The molecular weight excluding hydrogens is 326 g/mol. The Balaban J connectivity index is 0.000000241. The van der Waals surface area contributed by atoms with E-state index in [0.717, 1.165) is 0 Å². The second kappa shape index (κ2) is 9.55. The number of hydrogen-bond donors (Lipinski definition) is 5. The molecule has 0 aliphatic rings. The van der Waals surface area contributed by atoms with E-state index in [4.69, 9.17) is 19.9 Å². The molecule has 0 atom stereocenters. The van der Waals surface area contributed by atoms with Crippen molar-refractivity contribution in [3.8, 4) is 0 Å². The highest BCUT2D eigenvalue weighted by molar-refractivity contribution is 7.85. The standard InChI is InChI=1S/C7H6N2O3S.C6H15NO3/c10-13(11,12)7-8-5-3-1-2-4-6(5)9-7;8-4-1-7(2-5-9)3-6-10/h1-4H,(H,8,9)(H,10,11,12);8-10H,1-6H2. The summed E-state index contributed by atoms with van der Waals surface area (Å²) < 4.78 is 30.0. The van der Waals surface area contributed by atoms with E-state index in [0.29, 0.717) is 30.7 Å². The lowest BCUT2D eigenvalue weighted by molar-refractivity contribution is 0.136. The Morgan fingerprint density at radius 1 is 1.00 bits per heavy atom. The van der Waals surface area contributed by atoms with E-state index in [1.54, 1.807) is 29.2 Å². The van der Waals surface area contributed by atoms with Gasteiger partial charge in [-0.3, -0.25) is 9.45 Å². The first kappa shape index (κ1) is 19.5. The van der Waals surface area contributed by atoms with Crippen LogP contribution in [0.15, 0.2) is 29.4 Å². The van der Waals surface area contributed by atoms with Gasteiger partial charge >= 0.3 is 10.1 Å². The lowest BCUT2D eigenvalue weighted by atomic mass is 10.3. The smallest absolute Gasteiger partial charge is 0.328 e. The van der Waals surface area contributed by atoms with Gasteiger partial charge in [-0.15, -0.1) is 0 Å². The molecule has 2 aromatic rings. The van der Waals surface area contributed by atoms with Gasteiger partial charge in [0.25, 0.3) is 5.16 Å². The van der Waals surface area contributed by atoms with Crippen LogP contribution in [0, 0.1) is 0 Å². The minimum absolute atomic E-state index is 0.0694. The van der Waals surface area contributed by atoms with Gasteiger partial charge in [-0.25, -0.2) is 4.98 Å². The summed E-state index contributed by atoms with van der Waals surface area (Å²) in [7, 11) is -4.23. The van der Waals surface area contributed by atoms with Crippen molar-refractivity contribution in [3.05, 3.63) is 24.3 Å². The van der Waals surface area contributed by atoms with E-state index in [1.165, 1.54) is 0 Å². The lowest BCUT2D eigenvalue weighted by Gasteiger charge is -2.17. The monoisotopic (exact) mass is 347 g/mol. The maximum atomic E-state index is 10.7. The summed E-state index contributed by atoms with van der Waals surface area (Å²) in [4.78, 5) is 7.97. The Kier molecular flexibility index (Phi) is 8.09. The summed E-state index contributed by atoms with van der Waals surface area (Å²) in [6, 6.07) is 6.81. The highest BCUT2D eigenvalue weighted by Crippen LogP contribution is 2.12. The number of nitrogens with one attached hydrogen (secondary N) is 1. The Bertz CT molecular complexity index is 641. The van der Waals surface area contributed by atoms with E-state index in [9.17, 15) is 8.42 Å². The fourth-order valence-electron chi connectivity index (χ4n) is 1.81.